The normalized spacial score (nSPS) is 17.1. The number of amides is 2. The molecular weight excluding hydrogens is 323 g/mol. The molecule has 1 aromatic carbocycles. The van der Waals surface area contributed by atoms with Crippen LogP contribution in [0.5, 0.6) is 0 Å². The largest absolute Gasteiger partial charge is 0.341 e. The van der Waals surface area contributed by atoms with E-state index in [2.05, 4.69) is 0 Å². The van der Waals surface area contributed by atoms with Gasteiger partial charge in [-0.2, -0.15) is 0 Å². The van der Waals surface area contributed by atoms with Crippen LogP contribution in [0.25, 0.3) is 0 Å². The van der Waals surface area contributed by atoms with Gasteiger partial charge < -0.3 is 9.80 Å². The summed E-state index contributed by atoms with van der Waals surface area (Å²) in [5.74, 6) is -0.345. The third-order valence-corrected chi connectivity index (χ3v) is 4.72. The predicted octanol–water partition coefficient (Wildman–Crippen LogP) is 3.18. The standard InChI is InChI=1S/C16H20Cl2N2O2/c1-11(15-13(17)5-3-6-14(15)18)16(22)20-8-4-7-19(9-10-20)12(2)21/h3,5-6,11H,4,7-10H2,1-2H3. The highest BCUT2D eigenvalue weighted by Gasteiger charge is 2.27. The number of hydrogen-bond acceptors (Lipinski definition) is 2. The van der Waals surface area contributed by atoms with Gasteiger partial charge in [0.05, 0.1) is 5.92 Å². The molecule has 1 fully saturated rings. The van der Waals surface area contributed by atoms with Crippen molar-refractivity contribution < 1.29 is 9.59 Å². The highest BCUT2D eigenvalue weighted by atomic mass is 35.5. The molecule has 0 aliphatic carbocycles. The predicted molar refractivity (Wildman–Crippen MR) is 88.3 cm³/mol. The number of hydrogen-bond donors (Lipinski definition) is 0. The van der Waals surface area contributed by atoms with E-state index in [4.69, 9.17) is 23.2 Å². The fourth-order valence-corrected chi connectivity index (χ4v) is 3.50. The van der Waals surface area contributed by atoms with Gasteiger partial charge >= 0.3 is 0 Å². The summed E-state index contributed by atoms with van der Waals surface area (Å²) in [6, 6.07) is 5.25. The number of benzene rings is 1. The van der Waals surface area contributed by atoms with Crippen LogP contribution in [0.4, 0.5) is 0 Å². The summed E-state index contributed by atoms with van der Waals surface area (Å²) < 4.78 is 0. The van der Waals surface area contributed by atoms with E-state index >= 15 is 0 Å². The molecule has 1 atom stereocenters. The van der Waals surface area contributed by atoms with Crippen LogP contribution in [-0.2, 0) is 9.59 Å². The second kappa shape index (κ2) is 7.34. The van der Waals surface area contributed by atoms with Gasteiger partial charge in [-0.15, -0.1) is 0 Å². The van der Waals surface area contributed by atoms with E-state index in [0.717, 1.165) is 6.42 Å². The van der Waals surface area contributed by atoms with Crippen LogP contribution < -0.4 is 0 Å². The molecule has 22 heavy (non-hydrogen) atoms. The Kier molecular flexibility index (Phi) is 5.70. The molecule has 0 spiro atoms. The lowest BCUT2D eigenvalue weighted by Gasteiger charge is -2.25. The van der Waals surface area contributed by atoms with Gasteiger partial charge in [0.2, 0.25) is 11.8 Å². The second-order valence-electron chi connectivity index (χ2n) is 5.54. The van der Waals surface area contributed by atoms with Crippen molar-refractivity contribution in [3.8, 4) is 0 Å². The minimum atomic E-state index is -0.398. The van der Waals surface area contributed by atoms with Crippen molar-refractivity contribution in [2.45, 2.75) is 26.2 Å². The maximum Gasteiger partial charge on any atom is 0.230 e. The first-order chi connectivity index (χ1) is 10.4. The fourth-order valence-electron chi connectivity index (χ4n) is 2.77. The lowest BCUT2D eigenvalue weighted by molar-refractivity contribution is -0.133. The zero-order chi connectivity index (χ0) is 16.3. The Bertz CT molecular complexity index is 557. The Morgan fingerprint density at radius 1 is 1.05 bits per heavy atom. The monoisotopic (exact) mass is 342 g/mol. The molecular formula is C16H20Cl2N2O2. The third-order valence-electron chi connectivity index (χ3n) is 4.06. The average Bonchev–Trinajstić information content (AvgIpc) is 2.72. The summed E-state index contributed by atoms with van der Waals surface area (Å²) in [7, 11) is 0. The van der Waals surface area contributed by atoms with E-state index in [1.807, 2.05) is 6.92 Å². The van der Waals surface area contributed by atoms with Gasteiger partial charge in [-0.05, 0) is 25.5 Å². The molecule has 2 amide bonds. The topological polar surface area (TPSA) is 40.6 Å². The van der Waals surface area contributed by atoms with Crippen LogP contribution in [0.1, 0.15) is 31.7 Å². The van der Waals surface area contributed by atoms with Crippen LogP contribution in [0.2, 0.25) is 10.0 Å². The van der Waals surface area contributed by atoms with Gasteiger partial charge in [0.15, 0.2) is 0 Å². The number of nitrogens with zero attached hydrogens (tertiary/aromatic N) is 2. The Hall–Kier alpha value is -1.26. The maximum absolute atomic E-state index is 12.7. The van der Waals surface area contributed by atoms with E-state index in [0.29, 0.717) is 41.8 Å². The third kappa shape index (κ3) is 3.73. The molecule has 0 aromatic heterocycles. The first-order valence-corrected chi connectivity index (χ1v) is 8.15. The number of halogens is 2. The molecule has 0 bridgehead atoms. The molecule has 6 heteroatoms. The van der Waals surface area contributed by atoms with Gasteiger partial charge in [0.25, 0.3) is 0 Å². The zero-order valence-corrected chi connectivity index (χ0v) is 14.3. The number of carbonyl (C=O) groups is 2. The van der Waals surface area contributed by atoms with Crippen LogP contribution in [-0.4, -0.2) is 47.8 Å². The van der Waals surface area contributed by atoms with Crippen molar-refractivity contribution in [3.63, 3.8) is 0 Å². The lowest BCUT2D eigenvalue weighted by atomic mass is 9.99. The SMILES string of the molecule is CC(=O)N1CCCN(C(=O)C(C)c2c(Cl)cccc2Cl)CC1. The Morgan fingerprint density at radius 3 is 2.18 bits per heavy atom. The van der Waals surface area contributed by atoms with Crippen molar-refractivity contribution in [1.82, 2.24) is 9.80 Å². The van der Waals surface area contributed by atoms with E-state index in [9.17, 15) is 9.59 Å². The molecule has 4 nitrogen and oxygen atoms in total. The molecule has 120 valence electrons. The number of rotatable bonds is 2. The van der Waals surface area contributed by atoms with E-state index in [1.165, 1.54) is 0 Å². The lowest BCUT2D eigenvalue weighted by Crippen LogP contribution is -2.38. The van der Waals surface area contributed by atoms with Gasteiger partial charge in [-0.1, -0.05) is 29.3 Å². The van der Waals surface area contributed by atoms with E-state index < -0.39 is 5.92 Å². The Labute approximate surface area is 141 Å². The van der Waals surface area contributed by atoms with Crippen molar-refractivity contribution in [1.29, 1.82) is 0 Å². The van der Waals surface area contributed by atoms with Gasteiger partial charge in [0.1, 0.15) is 0 Å². The summed E-state index contributed by atoms with van der Waals surface area (Å²) in [4.78, 5) is 27.8. The van der Waals surface area contributed by atoms with Crippen LogP contribution in [0, 0.1) is 0 Å². The highest BCUT2D eigenvalue weighted by Crippen LogP contribution is 2.32. The molecule has 2 rings (SSSR count). The van der Waals surface area contributed by atoms with Crippen molar-refractivity contribution in [2.24, 2.45) is 0 Å². The van der Waals surface area contributed by atoms with Crippen molar-refractivity contribution >= 4 is 35.0 Å². The first kappa shape index (κ1) is 17.1. The molecule has 1 unspecified atom stereocenters. The fraction of sp³-hybridized carbons (Fsp3) is 0.500. The highest BCUT2D eigenvalue weighted by molar-refractivity contribution is 6.36. The van der Waals surface area contributed by atoms with Crippen LogP contribution >= 0.6 is 23.2 Å². The maximum atomic E-state index is 12.7. The Balaban J connectivity index is 2.12. The molecule has 0 radical (unpaired) electrons. The quantitative estimate of drug-likeness (QED) is 0.828. The molecule has 1 aliphatic rings. The summed E-state index contributed by atoms with van der Waals surface area (Å²) >= 11 is 12.4. The zero-order valence-electron chi connectivity index (χ0n) is 12.8. The second-order valence-corrected chi connectivity index (χ2v) is 6.36. The average molecular weight is 343 g/mol. The van der Waals surface area contributed by atoms with E-state index in [-0.39, 0.29) is 11.8 Å². The molecule has 1 aromatic rings. The van der Waals surface area contributed by atoms with Crippen molar-refractivity contribution in [2.75, 3.05) is 26.2 Å². The first-order valence-electron chi connectivity index (χ1n) is 7.40. The molecule has 1 saturated heterocycles. The summed E-state index contributed by atoms with van der Waals surface area (Å²) in [6.07, 6.45) is 0.786. The van der Waals surface area contributed by atoms with Crippen LogP contribution in [0.3, 0.4) is 0 Å². The summed E-state index contributed by atoms with van der Waals surface area (Å²) in [5, 5.41) is 1.02. The Morgan fingerprint density at radius 2 is 1.59 bits per heavy atom. The molecule has 1 aliphatic heterocycles. The molecule has 1 heterocycles. The minimum absolute atomic E-state index is 0.000372. The summed E-state index contributed by atoms with van der Waals surface area (Å²) in [5.41, 5.74) is 0.670. The molecule has 0 saturated carbocycles. The van der Waals surface area contributed by atoms with Gasteiger partial charge in [0, 0.05) is 48.7 Å². The van der Waals surface area contributed by atoms with Gasteiger partial charge in [-0.25, -0.2) is 0 Å². The van der Waals surface area contributed by atoms with Crippen molar-refractivity contribution in [3.05, 3.63) is 33.8 Å². The number of carbonyl (C=O) groups excluding carboxylic acids is 2. The van der Waals surface area contributed by atoms with Gasteiger partial charge in [-0.3, -0.25) is 9.59 Å². The minimum Gasteiger partial charge on any atom is -0.341 e. The smallest absolute Gasteiger partial charge is 0.230 e. The molecule has 0 N–H and O–H groups in total. The summed E-state index contributed by atoms with van der Waals surface area (Å²) in [6.45, 7) is 5.84. The van der Waals surface area contributed by atoms with Crippen LogP contribution in [0.15, 0.2) is 18.2 Å². The van der Waals surface area contributed by atoms with E-state index in [1.54, 1.807) is 34.9 Å².